The molecule has 0 radical (unpaired) electrons. The number of ether oxygens (including phenoxy) is 1. The normalized spacial score (nSPS) is 17.5. The van der Waals surface area contributed by atoms with Gasteiger partial charge in [0.05, 0.1) is 11.0 Å². The summed E-state index contributed by atoms with van der Waals surface area (Å²) < 4.78 is 8.41. The van der Waals surface area contributed by atoms with E-state index in [-0.39, 0.29) is 0 Å². The third-order valence-electron chi connectivity index (χ3n) is 6.55. The molecule has 30 heavy (non-hydrogen) atoms. The highest BCUT2D eigenvalue weighted by molar-refractivity contribution is 6.30. The maximum atomic E-state index is 6.05. The first kappa shape index (κ1) is 21.2. The molecule has 0 bridgehead atoms. The molecule has 1 aliphatic heterocycles. The van der Waals surface area contributed by atoms with Crippen LogP contribution in [0, 0.1) is 13.8 Å². The molecule has 1 saturated heterocycles. The Kier molecular flexibility index (Phi) is 6.64. The van der Waals surface area contributed by atoms with Crippen molar-refractivity contribution < 1.29 is 4.74 Å². The Bertz CT molecular complexity index is 996. The largest absolute Gasteiger partial charge is 0.486 e. The molecule has 1 aromatic heterocycles. The molecule has 0 amide bonds. The number of hydrogen-bond donors (Lipinski definition) is 0. The maximum Gasteiger partial charge on any atom is 0.148 e. The molecule has 4 nitrogen and oxygen atoms in total. The molecule has 5 heteroatoms. The van der Waals surface area contributed by atoms with Crippen LogP contribution in [0.5, 0.6) is 5.75 Å². The predicted octanol–water partition coefficient (Wildman–Crippen LogP) is 6.15. The third kappa shape index (κ3) is 4.65. The summed E-state index contributed by atoms with van der Waals surface area (Å²) in [6, 6.07) is 12.7. The zero-order valence-corrected chi connectivity index (χ0v) is 19.1. The molecule has 2 heterocycles. The van der Waals surface area contributed by atoms with Gasteiger partial charge < -0.3 is 14.2 Å². The first-order chi connectivity index (χ1) is 14.5. The maximum absolute atomic E-state index is 6.05. The molecule has 4 rings (SSSR count). The second-order valence-electron chi connectivity index (χ2n) is 8.57. The van der Waals surface area contributed by atoms with E-state index >= 15 is 0 Å². The highest BCUT2D eigenvalue weighted by Crippen LogP contribution is 2.26. The van der Waals surface area contributed by atoms with Gasteiger partial charge in [-0.1, -0.05) is 24.1 Å². The van der Waals surface area contributed by atoms with E-state index in [2.05, 4.69) is 42.5 Å². The van der Waals surface area contributed by atoms with Crippen molar-refractivity contribution in [1.82, 2.24) is 14.5 Å². The van der Waals surface area contributed by atoms with E-state index < -0.39 is 0 Å². The first-order valence-corrected chi connectivity index (χ1v) is 11.4. The minimum absolute atomic E-state index is 0.456. The summed E-state index contributed by atoms with van der Waals surface area (Å²) in [5.41, 5.74) is 4.84. The molecule has 160 valence electrons. The van der Waals surface area contributed by atoms with Crippen LogP contribution in [-0.2, 0) is 13.2 Å². The van der Waals surface area contributed by atoms with Gasteiger partial charge in [-0.15, -0.1) is 0 Å². The average molecular weight is 426 g/mol. The Labute approximate surface area is 184 Å². The number of nitrogens with zero attached hydrogens (tertiary/aromatic N) is 3. The van der Waals surface area contributed by atoms with Crippen molar-refractivity contribution in [2.45, 2.75) is 65.1 Å². The number of likely N-dealkylation sites (tertiary alicyclic amines) is 1. The first-order valence-electron chi connectivity index (χ1n) is 11.1. The van der Waals surface area contributed by atoms with Gasteiger partial charge in [0.2, 0.25) is 0 Å². The number of fused-ring (bicyclic) bond motifs is 1. The number of aromatic nitrogens is 2. The summed E-state index contributed by atoms with van der Waals surface area (Å²) in [6.45, 7) is 6.98. The van der Waals surface area contributed by atoms with Gasteiger partial charge in [-0.05, 0) is 94.6 Å². The topological polar surface area (TPSA) is 30.3 Å². The Hall–Kier alpha value is -2.04. The van der Waals surface area contributed by atoms with Gasteiger partial charge in [0, 0.05) is 17.6 Å². The molecule has 2 aromatic carbocycles. The summed E-state index contributed by atoms with van der Waals surface area (Å²) in [5, 5.41) is 0.716. The lowest BCUT2D eigenvalue weighted by atomic mass is 9.99. The number of piperidine rings is 1. The van der Waals surface area contributed by atoms with Crippen molar-refractivity contribution in [3.63, 3.8) is 0 Å². The van der Waals surface area contributed by atoms with Crippen molar-refractivity contribution in [2.75, 3.05) is 13.6 Å². The fraction of sp³-hybridized carbons (Fsp3) is 0.480. The van der Waals surface area contributed by atoms with Crippen LogP contribution in [0.1, 0.15) is 49.1 Å². The SMILES string of the molecule is Cc1ccc2c(nc(COc3ccc(Cl)cc3)n2CCCC2CCCCN2C)c1C. The summed E-state index contributed by atoms with van der Waals surface area (Å²) in [6.07, 6.45) is 6.41. The second-order valence-corrected chi connectivity index (χ2v) is 9.01. The number of hydrogen-bond acceptors (Lipinski definition) is 3. The predicted molar refractivity (Wildman–Crippen MR) is 124 cm³/mol. The monoisotopic (exact) mass is 425 g/mol. The molecule has 1 atom stereocenters. The van der Waals surface area contributed by atoms with Gasteiger partial charge in [-0.25, -0.2) is 4.98 Å². The summed E-state index contributed by atoms with van der Waals surface area (Å²) >= 11 is 6.00. The smallest absolute Gasteiger partial charge is 0.148 e. The molecule has 0 spiro atoms. The molecule has 0 aliphatic carbocycles. The average Bonchev–Trinajstić information content (AvgIpc) is 3.10. The van der Waals surface area contributed by atoms with E-state index in [1.54, 1.807) is 0 Å². The minimum atomic E-state index is 0.456. The number of aryl methyl sites for hydroxylation is 3. The van der Waals surface area contributed by atoms with Gasteiger partial charge >= 0.3 is 0 Å². The van der Waals surface area contributed by atoms with E-state index in [0.29, 0.717) is 17.7 Å². The van der Waals surface area contributed by atoms with E-state index in [4.69, 9.17) is 21.3 Å². The lowest BCUT2D eigenvalue weighted by molar-refractivity contribution is 0.172. The zero-order valence-electron chi connectivity index (χ0n) is 18.3. The van der Waals surface area contributed by atoms with Crippen LogP contribution in [0.4, 0.5) is 0 Å². The van der Waals surface area contributed by atoms with Gasteiger partial charge in [-0.2, -0.15) is 0 Å². The van der Waals surface area contributed by atoms with E-state index in [9.17, 15) is 0 Å². The minimum Gasteiger partial charge on any atom is -0.486 e. The molecular weight excluding hydrogens is 394 g/mol. The van der Waals surface area contributed by atoms with E-state index in [1.165, 1.54) is 48.9 Å². The third-order valence-corrected chi connectivity index (χ3v) is 6.80. The van der Waals surface area contributed by atoms with Crippen LogP contribution in [-0.4, -0.2) is 34.1 Å². The standard InChI is InChI=1S/C25H32ClN3O/c1-18-9-14-23-25(19(18)2)27-24(17-30-22-12-10-20(26)11-13-22)29(23)16-6-8-21-7-4-5-15-28(21)3/h9-14,21H,4-8,15-17H2,1-3H3. The molecular formula is C25H32ClN3O. The fourth-order valence-electron chi connectivity index (χ4n) is 4.51. The van der Waals surface area contributed by atoms with Crippen LogP contribution < -0.4 is 4.74 Å². The summed E-state index contributed by atoms with van der Waals surface area (Å²) in [5.74, 6) is 1.81. The quantitative estimate of drug-likeness (QED) is 0.454. The van der Waals surface area contributed by atoms with Crippen molar-refractivity contribution in [1.29, 1.82) is 0 Å². The fourth-order valence-corrected chi connectivity index (χ4v) is 4.63. The van der Waals surface area contributed by atoms with E-state index in [1.807, 2.05) is 24.3 Å². The zero-order chi connectivity index (χ0) is 21.1. The second kappa shape index (κ2) is 9.40. The summed E-state index contributed by atoms with van der Waals surface area (Å²) in [7, 11) is 2.27. The Morgan fingerprint density at radius 2 is 1.90 bits per heavy atom. The molecule has 0 saturated carbocycles. The van der Waals surface area contributed by atoms with Gasteiger partial charge in [0.1, 0.15) is 18.2 Å². The highest BCUT2D eigenvalue weighted by Gasteiger charge is 2.19. The lowest BCUT2D eigenvalue weighted by Gasteiger charge is -2.32. The van der Waals surface area contributed by atoms with E-state index in [0.717, 1.165) is 30.1 Å². The Morgan fingerprint density at radius 3 is 2.67 bits per heavy atom. The van der Waals surface area contributed by atoms with Crippen LogP contribution in [0.3, 0.4) is 0 Å². The summed E-state index contributed by atoms with van der Waals surface area (Å²) in [4.78, 5) is 7.52. The van der Waals surface area contributed by atoms with Crippen molar-refractivity contribution in [3.8, 4) is 5.75 Å². The molecule has 1 unspecified atom stereocenters. The lowest BCUT2D eigenvalue weighted by Crippen LogP contribution is -2.36. The van der Waals surface area contributed by atoms with Gasteiger partial charge in [-0.3, -0.25) is 0 Å². The molecule has 1 fully saturated rings. The van der Waals surface area contributed by atoms with Crippen molar-refractivity contribution in [3.05, 3.63) is 58.4 Å². The Morgan fingerprint density at radius 1 is 1.10 bits per heavy atom. The van der Waals surface area contributed by atoms with Gasteiger partial charge in [0.25, 0.3) is 0 Å². The number of halogens is 1. The number of rotatable bonds is 7. The number of imidazole rings is 1. The van der Waals surface area contributed by atoms with Crippen molar-refractivity contribution in [2.24, 2.45) is 0 Å². The van der Waals surface area contributed by atoms with Crippen molar-refractivity contribution >= 4 is 22.6 Å². The number of benzene rings is 2. The molecule has 3 aromatic rings. The molecule has 0 N–H and O–H groups in total. The highest BCUT2D eigenvalue weighted by atomic mass is 35.5. The Balaban J connectivity index is 1.53. The van der Waals surface area contributed by atoms with Crippen LogP contribution in [0.2, 0.25) is 5.02 Å². The van der Waals surface area contributed by atoms with Crippen LogP contribution in [0.15, 0.2) is 36.4 Å². The van der Waals surface area contributed by atoms with Crippen LogP contribution >= 0.6 is 11.6 Å². The van der Waals surface area contributed by atoms with Gasteiger partial charge in [0.15, 0.2) is 0 Å². The van der Waals surface area contributed by atoms with Crippen LogP contribution in [0.25, 0.3) is 11.0 Å². The molecule has 1 aliphatic rings.